The van der Waals surface area contributed by atoms with Crippen molar-refractivity contribution in [2.75, 3.05) is 0 Å². The van der Waals surface area contributed by atoms with E-state index in [1.54, 1.807) is 18.3 Å². The maximum absolute atomic E-state index is 10.5. The maximum atomic E-state index is 10.5. The van der Waals surface area contributed by atoms with Crippen molar-refractivity contribution >= 4 is 32.8 Å². The Kier molecular flexibility index (Phi) is 5.86. The largest absolute Gasteiger partial charge is 0.510 e. The monoisotopic (exact) mass is 1300 g/mol. The molecular weight excluding hydrogens is 1180 g/mol. The number of para-hydroxylation sites is 2. The summed E-state index contributed by atoms with van der Waals surface area (Å²) >= 11 is 0. The number of aromatic nitrogens is 4. The van der Waals surface area contributed by atoms with E-state index in [0.717, 1.165) is 74.7 Å². The third kappa shape index (κ3) is 9.36. The van der Waals surface area contributed by atoms with Crippen molar-refractivity contribution in [3.8, 4) is 62.1 Å². The van der Waals surface area contributed by atoms with Gasteiger partial charge in [0.25, 0.3) is 6.33 Å². The fourth-order valence-electron chi connectivity index (χ4n) is 10.4. The number of fused-ring (bicyclic) bond motifs is 6. The van der Waals surface area contributed by atoms with Gasteiger partial charge in [0, 0.05) is 96.4 Å². The van der Waals surface area contributed by atoms with Gasteiger partial charge in [-0.05, 0) is 174 Å². The summed E-state index contributed by atoms with van der Waals surface area (Å²) in [5.41, 5.74) is -34.5. The van der Waals surface area contributed by atoms with E-state index in [1.807, 2.05) is 61.7 Å². The third-order valence-electron chi connectivity index (χ3n) is 14.4. The Balaban J connectivity index is 0.0000144. The summed E-state index contributed by atoms with van der Waals surface area (Å²) < 4.78 is 419. The Labute approximate surface area is 562 Å². The molecule has 8 aromatic carbocycles. The Hall–Kier alpha value is -7.33. The number of nitrogens with zero attached hydrogens (tertiary/aromatic N) is 4. The molecule has 0 bridgehead atoms. The summed E-state index contributed by atoms with van der Waals surface area (Å²) in [5.74, 6) is 0.327. The zero-order chi connectivity index (χ0) is 93.9. The first-order valence-corrected chi connectivity index (χ1v) is 25.3. The van der Waals surface area contributed by atoms with Gasteiger partial charge in [0.05, 0.1) is 24.9 Å². The van der Waals surface area contributed by atoms with Gasteiger partial charge in [0.2, 0.25) is 0 Å². The van der Waals surface area contributed by atoms with Gasteiger partial charge in [-0.3, -0.25) is 4.57 Å². The van der Waals surface area contributed by atoms with Crippen molar-refractivity contribution in [3.05, 3.63) is 221 Å². The van der Waals surface area contributed by atoms with Crippen LogP contribution in [0.5, 0.6) is 11.5 Å². The minimum Gasteiger partial charge on any atom is -0.510 e. The molecule has 0 unspecified atom stereocenters. The van der Waals surface area contributed by atoms with Gasteiger partial charge in [0.15, 0.2) is 0 Å². The van der Waals surface area contributed by atoms with Gasteiger partial charge >= 0.3 is 0 Å². The average molecular weight is 1300 g/mol. The number of hydrogen-bond acceptors (Lipinski definition) is 2. The molecule has 0 radical (unpaired) electrons. The van der Waals surface area contributed by atoms with E-state index in [4.69, 9.17) is 50.8 Å². The van der Waals surface area contributed by atoms with Crippen LogP contribution in [0, 0.1) is 32.2 Å². The van der Waals surface area contributed by atoms with Crippen LogP contribution in [0.25, 0.3) is 83.4 Å². The van der Waals surface area contributed by atoms with Crippen molar-refractivity contribution in [2.45, 2.75) is 142 Å². The molecular formula is C76H74N4OPt-2. The van der Waals surface area contributed by atoms with Gasteiger partial charge < -0.3 is 13.9 Å². The van der Waals surface area contributed by atoms with E-state index in [0.29, 0.717) is 22.2 Å². The number of aryl methyl sites for hydroxylation is 2. The molecule has 2 aliphatic carbocycles. The van der Waals surface area contributed by atoms with E-state index in [-0.39, 0.29) is 54.7 Å². The molecule has 0 fully saturated rings. The molecule has 3 aromatic heterocycles. The van der Waals surface area contributed by atoms with Crippen LogP contribution in [0.3, 0.4) is 0 Å². The standard InChI is InChI=1S/C76H74N4O.Pt/c1-48-19-16-20-49(2)70(48)52-29-34-66-68(43-52)78(54-21-17-22-55(45-54)81-56-30-31-60-59-23-14-15-26-65(59)80(67(60)46-56)69-44-53(35-40-77-69)72(3,4)5)47-79(66)71-57(50-27-32-61-63(41-50)75(10,11)38-36-73(61,6)7)24-18-25-58(71)51-28-33-62-64(42-51)76(12,13)39-37-74(62,8)9;/h14-35,40-44H,36-39H2,1-13H3;/q-2;/i1D3,2D3,6D3,7D3,8D3,9D3,10D3,11D3,12D3,13D3,27D,28D,32D,33D,36D2,37D2,38D2,39D2,41D,42D;. The van der Waals surface area contributed by atoms with Crippen LogP contribution in [-0.2, 0) is 48.1 Å². The molecule has 2 aliphatic rings. The topological polar surface area (TPSA) is 35.9 Å². The molecule has 82 heavy (non-hydrogen) atoms. The summed E-state index contributed by atoms with van der Waals surface area (Å²) in [4.78, 5) is 4.74. The fraction of sp³-hybridized carbons (Fsp3) is 0.289. The molecule has 416 valence electrons. The van der Waals surface area contributed by atoms with Crippen molar-refractivity contribution in [1.29, 1.82) is 0 Å². The second-order valence-electron chi connectivity index (χ2n) is 21.0. The SMILES string of the molecule is [2H]c1c([2H])c2c(c([2H])c1-c1cccc(-c3c([2H])c([2H])c4c(c3[2H])C(C([2H])([2H])[2H])(C([2H])([2H])[2H])C([2H])([2H])C([2H])([2H])C4(C([2H])([2H])[2H])C([2H])([2H])[2H])c1-[n+]1[c-]n(-c3[c-]c(Oc4[c-]c5c(cc4)c4ccccc4n5-c4cc(C(C)(C)C)ccn4)ccc3)c3cc(-c4c(C([2H])([2H])[2H])cccc4C([2H])([2H])[2H])ccc31)C(C([2H])([2H])[2H])(C([2H])([2H])[2H])C([2H])([2H])C([2H])([2H])C2(C([2H])([2H])[2H])C([2H])([2H])[2H].[Pt]. The number of imidazole rings is 1. The minimum absolute atomic E-state index is 0. The Morgan fingerprint density at radius 3 is 1.84 bits per heavy atom. The van der Waals surface area contributed by atoms with Gasteiger partial charge in [-0.15, -0.1) is 29.7 Å². The van der Waals surface area contributed by atoms with Crippen LogP contribution in [-0.4, -0.2) is 14.1 Å². The summed E-state index contributed by atoms with van der Waals surface area (Å²) in [7, 11) is 0. The van der Waals surface area contributed by atoms with Crippen LogP contribution in [0.1, 0.15) is 200 Å². The molecule has 3 heterocycles. The zero-order valence-corrected chi connectivity index (χ0v) is 45.9. The Morgan fingerprint density at radius 2 is 1.21 bits per heavy atom. The molecule has 0 atom stereocenters. The predicted octanol–water partition coefficient (Wildman–Crippen LogP) is 19.2. The van der Waals surface area contributed by atoms with E-state index in [1.165, 1.54) is 18.2 Å². The van der Waals surface area contributed by atoms with E-state index < -0.39 is 224 Å². The van der Waals surface area contributed by atoms with Crippen LogP contribution in [0.4, 0.5) is 0 Å². The number of ether oxygens (including phenoxy) is 1. The van der Waals surface area contributed by atoms with Gasteiger partial charge in [-0.1, -0.05) is 184 Å². The first-order valence-electron chi connectivity index (χ1n) is 47.3. The van der Waals surface area contributed by atoms with Gasteiger partial charge in [0.1, 0.15) is 5.82 Å². The summed E-state index contributed by atoms with van der Waals surface area (Å²) in [6.07, 6.45) is -15.0. The number of rotatable bonds is 8. The normalized spacial score (nSPS) is 27.8. The third-order valence-corrected chi connectivity index (χ3v) is 14.4. The van der Waals surface area contributed by atoms with E-state index >= 15 is 0 Å². The molecule has 0 saturated carbocycles. The average Bonchev–Trinajstić information content (AvgIpc) is 0.714. The molecule has 0 spiro atoms. The first kappa shape index (κ1) is 24.1. The zero-order valence-electron chi connectivity index (χ0n) is 87.6. The minimum atomic E-state index is -4.95. The molecule has 11 aromatic rings. The van der Waals surface area contributed by atoms with Crippen LogP contribution < -0.4 is 9.30 Å². The van der Waals surface area contributed by atoms with Crippen LogP contribution in [0.2, 0.25) is 0 Å². The number of hydrogen-bond donors (Lipinski definition) is 0. The number of pyridine rings is 1. The fourth-order valence-corrected chi connectivity index (χ4v) is 10.4. The Morgan fingerprint density at radius 1 is 0.598 bits per heavy atom. The summed E-state index contributed by atoms with van der Waals surface area (Å²) in [6, 6.07) is 23.1. The van der Waals surface area contributed by atoms with Gasteiger partial charge in [-0.2, -0.15) is 18.2 Å². The Bertz CT molecular complexity index is 6000. The van der Waals surface area contributed by atoms with Crippen molar-refractivity contribution in [1.82, 2.24) is 14.1 Å². The molecule has 0 saturated heterocycles. The molecule has 0 N–H and O–H groups in total. The molecule has 5 nitrogen and oxygen atoms in total. The molecule has 6 heteroatoms. The van der Waals surface area contributed by atoms with Gasteiger partial charge in [-0.25, -0.2) is 4.98 Å². The van der Waals surface area contributed by atoms with E-state index in [2.05, 4.69) is 18.5 Å². The van der Waals surface area contributed by atoms with E-state index in [9.17, 15) is 19.2 Å². The van der Waals surface area contributed by atoms with Crippen LogP contribution in [0.15, 0.2) is 164 Å². The second kappa shape index (κ2) is 19.9. The van der Waals surface area contributed by atoms with Crippen molar-refractivity contribution in [2.24, 2.45) is 0 Å². The number of benzene rings is 8. The molecule has 13 rings (SSSR count). The predicted molar refractivity (Wildman–Crippen MR) is 335 cm³/mol. The van der Waals surface area contributed by atoms with Crippen LogP contribution >= 0.6 is 0 Å². The first-order chi connectivity index (χ1) is 56.6. The smallest absolute Gasteiger partial charge is 0.268 e. The quantitative estimate of drug-likeness (QED) is 0.112. The maximum Gasteiger partial charge on any atom is 0.268 e. The summed E-state index contributed by atoms with van der Waals surface area (Å²) in [6.45, 7) is -37.4. The summed E-state index contributed by atoms with van der Waals surface area (Å²) in [5, 5.41) is 1.47. The second-order valence-corrected chi connectivity index (χ2v) is 21.0. The van der Waals surface area contributed by atoms with Crippen molar-refractivity contribution < 1.29 is 90.7 Å². The molecule has 0 amide bonds. The molecule has 0 aliphatic heterocycles. The van der Waals surface area contributed by atoms with Crippen molar-refractivity contribution in [3.63, 3.8) is 0 Å².